The van der Waals surface area contributed by atoms with Crippen LogP contribution in [0.1, 0.15) is 77.0 Å². The van der Waals surface area contributed by atoms with Gasteiger partial charge in [-0.15, -0.1) is 6.58 Å². The van der Waals surface area contributed by atoms with Gasteiger partial charge in [-0.2, -0.15) is 4.31 Å². The van der Waals surface area contributed by atoms with E-state index in [1.165, 1.54) is 4.31 Å². The van der Waals surface area contributed by atoms with Gasteiger partial charge in [0.05, 0.1) is 16.7 Å². The number of benzene rings is 2. The molecule has 5 nitrogen and oxygen atoms in total. The van der Waals surface area contributed by atoms with E-state index in [1.54, 1.807) is 19.9 Å². The van der Waals surface area contributed by atoms with Crippen molar-refractivity contribution in [3.63, 3.8) is 0 Å². The summed E-state index contributed by atoms with van der Waals surface area (Å²) in [5.41, 5.74) is 1.31. The highest BCUT2D eigenvalue weighted by Gasteiger charge is 2.51. The number of carbonyl (C=O) groups is 1. The fourth-order valence-corrected chi connectivity index (χ4v) is 7.31. The zero-order valence-electron chi connectivity index (χ0n) is 23.0. The summed E-state index contributed by atoms with van der Waals surface area (Å²) in [5.74, 6) is -0.0520. The maximum atomic E-state index is 14.4. The molecule has 0 aliphatic carbocycles. The zero-order valence-corrected chi connectivity index (χ0v) is 25.4. The second-order valence-corrected chi connectivity index (χ2v) is 14.1. The Labute approximate surface area is 238 Å². The molecule has 0 saturated carbocycles. The zero-order chi connectivity index (χ0) is 28.3. The number of nitrogens with zero attached hydrogens (tertiary/aromatic N) is 2. The van der Waals surface area contributed by atoms with Crippen LogP contribution < -0.4 is 0 Å². The molecule has 3 rings (SSSR count). The van der Waals surface area contributed by atoms with Crippen LogP contribution in [-0.4, -0.2) is 47.9 Å². The second kappa shape index (κ2) is 12.5. The number of hydrogen-bond acceptors (Lipinski definition) is 3. The van der Waals surface area contributed by atoms with Crippen molar-refractivity contribution in [1.82, 2.24) is 9.21 Å². The van der Waals surface area contributed by atoms with Crippen molar-refractivity contribution in [2.75, 3.05) is 13.1 Å². The summed E-state index contributed by atoms with van der Waals surface area (Å²) in [6.45, 7) is 13.8. The molecule has 208 valence electrons. The average molecular weight is 580 g/mol. The van der Waals surface area contributed by atoms with E-state index in [-0.39, 0.29) is 30.5 Å². The predicted molar refractivity (Wildman–Crippen MR) is 158 cm³/mol. The first kappa shape index (κ1) is 30.7. The summed E-state index contributed by atoms with van der Waals surface area (Å²) >= 11 is 12.7. The quantitative estimate of drug-likeness (QED) is 0.260. The van der Waals surface area contributed by atoms with E-state index in [9.17, 15) is 13.2 Å². The molecule has 0 spiro atoms. The van der Waals surface area contributed by atoms with E-state index in [1.807, 2.05) is 68.1 Å². The Balaban J connectivity index is 2.23. The highest BCUT2D eigenvalue weighted by atomic mass is 35.5. The van der Waals surface area contributed by atoms with Crippen LogP contribution in [0.25, 0.3) is 0 Å². The number of halogens is 2. The van der Waals surface area contributed by atoms with E-state index in [4.69, 9.17) is 23.2 Å². The molecule has 1 heterocycles. The fraction of sp³-hybridized carbons (Fsp3) is 0.500. The maximum Gasteiger partial charge on any atom is 0.229 e. The first-order valence-corrected chi connectivity index (χ1v) is 15.6. The number of amides is 1. The maximum absolute atomic E-state index is 14.4. The third-order valence-electron chi connectivity index (χ3n) is 7.77. The molecule has 38 heavy (non-hydrogen) atoms. The summed E-state index contributed by atoms with van der Waals surface area (Å²) in [4.78, 5) is 16.4. The molecule has 4 atom stereocenters. The number of hydrogen-bond donors (Lipinski definition) is 0. The molecule has 2 aromatic carbocycles. The molecule has 1 aliphatic heterocycles. The molecule has 0 N–H and O–H groups in total. The second-order valence-electron chi connectivity index (χ2n) is 10.7. The van der Waals surface area contributed by atoms with Gasteiger partial charge in [0.25, 0.3) is 0 Å². The standard InChI is InChI=1S/C30H40Cl2N2O3S/c1-7-17-30(6)19-27(23-11-10-12-25(32)18-23)28(22-13-15-24(31)16-14-22)34(29(30)35)26(8-2)20-33(9-3)38(36,37)21(4)5/h7,10-16,18,21,26-28H,1,8-9,17,19-20H2,2-6H3/t26-,27?,28+,30-/m0/s1. The lowest BCUT2D eigenvalue weighted by molar-refractivity contribution is -0.154. The lowest BCUT2D eigenvalue weighted by Crippen LogP contribution is -2.58. The van der Waals surface area contributed by atoms with Crippen molar-refractivity contribution in [3.05, 3.63) is 82.4 Å². The Kier molecular flexibility index (Phi) is 10.1. The Bertz CT molecular complexity index is 1230. The van der Waals surface area contributed by atoms with E-state index >= 15 is 0 Å². The normalized spacial score (nSPS) is 23.2. The first-order valence-electron chi connectivity index (χ1n) is 13.3. The Morgan fingerprint density at radius 3 is 2.29 bits per heavy atom. The summed E-state index contributed by atoms with van der Waals surface area (Å²) in [6, 6.07) is 14.8. The summed E-state index contributed by atoms with van der Waals surface area (Å²) in [7, 11) is -3.50. The van der Waals surface area contributed by atoms with Gasteiger partial charge in [-0.3, -0.25) is 4.79 Å². The number of rotatable bonds is 11. The van der Waals surface area contributed by atoms with Crippen molar-refractivity contribution in [3.8, 4) is 0 Å². The average Bonchev–Trinajstić information content (AvgIpc) is 2.87. The number of likely N-dealkylation sites (N-methyl/N-ethyl adjacent to an activating group) is 1. The molecular formula is C30H40Cl2N2O3S. The molecule has 8 heteroatoms. The van der Waals surface area contributed by atoms with Gasteiger partial charge in [-0.1, -0.05) is 74.3 Å². The minimum absolute atomic E-state index is 0.0143. The molecule has 0 radical (unpaired) electrons. The van der Waals surface area contributed by atoms with Crippen LogP contribution in [-0.2, 0) is 14.8 Å². The van der Waals surface area contributed by atoms with Crippen LogP contribution >= 0.6 is 23.2 Å². The molecule has 1 amide bonds. The summed E-state index contributed by atoms with van der Waals surface area (Å²) in [5, 5.41) is 0.707. The van der Waals surface area contributed by atoms with Crippen LogP contribution in [0, 0.1) is 5.41 Å². The van der Waals surface area contributed by atoms with Gasteiger partial charge >= 0.3 is 0 Å². The smallest absolute Gasteiger partial charge is 0.229 e. The number of likely N-dealkylation sites (tertiary alicyclic amines) is 1. The Morgan fingerprint density at radius 1 is 1.11 bits per heavy atom. The monoisotopic (exact) mass is 578 g/mol. The van der Waals surface area contributed by atoms with Crippen molar-refractivity contribution in [2.24, 2.45) is 5.41 Å². The largest absolute Gasteiger partial charge is 0.330 e. The van der Waals surface area contributed by atoms with Crippen LogP contribution in [0.2, 0.25) is 10.0 Å². The SMILES string of the molecule is C=CC[C@@]1(C)CC(c2cccc(Cl)c2)[C@@H](c2ccc(Cl)cc2)N([C@@H](CC)CN(CC)S(=O)(=O)C(C)C)C1=O. The van der Waals surface area contributed by atoms with E-state index in [2.05, 4.69) is 12.6 Å². The number of carbonyl (C=O) groups excluding carboxylic acids is 1. The Morgan fingerprint density at radius 2 is 1.76 bits per heavy atom. The first-order chi connectivity index (χ1) is 17.9. The highest BCUT2D eigenvalue weighted by Crippen LogP contribution is 2.52. The minimum Gasteiger partial charge on any atom is -0.330 e. The molecule has 1 aliphatic rings. The molecule has 0 aromatic heterocycles. The Hall–Kier alpha value is -1.86. The van der Waals surface area contributed by atoms with Gasteiger partial charge in [0.2, 0.25) is 15.9 Å². The number of allylic oxidation sites excluding steroid dienone is 1. The third-order valence-corrected chi connectivity index (χ3v) is 10.6. The van der Waals surface area contributed by atoms with Crippen LogP contribution in [0.15, 0.2) is 61.2 Å². The highest BCUT2D eigenvalue weighted by molar-refractivity contribution is 7.89. The van der Waals surface area contributed by atoms with Gasteiger partial charge in [0.15, 0.2) is 0 Å². The van der Waals surface area contributed by atoms with Gasteiger partial charge < -0.3 is 4.90 Å². The van der Waals surface area contributed by atoms with Crippen molar-refractivity contribution in [2.45, 2.75) is 77.1 Å². The molecule has 1 saturated heterocycles. The van der Waals surface area contributed by atoms with Gasteiger partial charge in [0, 0.05) is 35.1 Å². The van der Waals surface area contributed by atoms with Crippen molar-refractivity contribution < 1.29 is 13.2 Å². The van der Waals surface area contributed by atoms with Crippen LogP contribution in [0.3, 0.4) is 0 Å². The van der Waals surface area contributed by atoms with Gasteiger partial charge in [-0.05, 0) is 68.5 Å². The van der Waals surface area contributed by atoms with E-state index < -0.39 is 20.7 Å². The van der Waals surface area contributed by atoms with Gasteiger partial charge in [-0.25, -0.2) is 8.42 Å². The topological polar surface area (TPSA) is 57.7 Å². The molecule has 0 bridgehead atoms. The molecule has 1 fully saturated rings. The summed E-state index contributed by atoms with van der Waals surface area (Å²) in [6.07, 6.45) is 3.54. The van der Waals surface area contributed by atoms with E-state index in [0.29, 0.717) is 35.9 Å². The number of sulfonamides is 1. The number of piperidine rings is 1. The summed E-state index contributed by atoms with van der Waals surface area (Å²) < 4.78 is 27.9. The molecule has 2 aromatic rings. The molecular weight excluding hydrogens is 539 g/mol. The predicted octanol–water partition coefficient (Wildman–Crippen LogP) is 7.47. The van der Waals surface area contributed by atoms with Gasteiger partial charge in [0.1, 0.15) is 0 Å². The lowest BCUT2D eigenvalue weighted by atomic mass is 9.67. The lowest BCUT2D eigenvalue weighted by Gasteiger charge is -2.52. The van der Waals surface area contributed by atoms with Crippen molar-refractivity contribution >= 4 is 39.1 Å². The van der Waals surface area contributed by atoms with Crippen molar-refractivity contribution in [1.29, 1.82) is 0 Å². The molecule has 1 unspecified atom stereocenters. The third kappa shape index (κ3) is 6.30. The minimum atomic E-state index is -3.50. The van der Waals surface area contributed by atoms with Crippen LogP contribution in [0.4, 0.5) is 0 Å². The van der Waals surface area contributed by atoms with E-state index in [0.717, 1.165) is 11.1 Å². The fourth-order valence-electron chi connectivity index (χ4n) is 5.65. The van der Waals surface area contributed by atoms with Crippen LogP contribution in [0.5, 0.6) is 0 Å².